The summed E-state index contributed by atoms with van der Waals surface area (Å²) in [7, 11) is 0. The predicted molar refractivity (Wildman–Crippen MR) is 297 cm³/mol. The number of aliphatic hydroxyl groups excluding tert-OH is 1. The minimum absolute atomic E-state index is 0.0847. The predicted octanol–water partition coefficient (Wildman–Crippen LogP) is 18.6. The molecule has 0 rings (SSSR count). The van der Waals surface area contributed by atoms with Crippen molar-refractivity contribution in [2.45, 2.75) is 225 Å². The standard InChI is InChI=1S/C63H100O5/c1-3-5-7-9-11-13-15-17-19-21-22-23-24-25-26-27-28-29-30-31-32-33-34-35-36-37-38-39-40-42-44-46-48-50-52-54-56-58-63(66)68-61(59-64)60-67-62(65)57-55-53-51-49-47-45-43-41-20-18-16-14-12-10-8-6-4-2/h5,7,11-14,17-20,22-23,25-26,28-29,31-32,34-35,37-38,40,42,61,64H,3-4,6,8-10,15-16,21,24,27,30,33,36,39,41,43-60H2,1-2H3/b7-5-,13-11-,14-12-,19-17-,20-18-,23-22-,26-25-,29-28-,32-31-,35-34-,38-37-,42-40-. The number of esters is 2. The first-order valence-electron chi connectivity index (χ1n) is 27.4. The number of rotatable bonds is 48. The summed E-state index contributed by atoms with van der Waals surface area (Å²) < 4.78 is 10.7. The maximum Gasteiger partial charge on any atom is 0.306 e. The van der Waals surface area contributed by atoms with Gasteiger partial charge in [0.05, 0.1) is 6.61 Å². The number of allylic oxidation sites excluding steroid dienone is 24. The molecule has 0 saturated heterocycles. The van der Waals surface area contributed by atoms with Gasteiger partial charge in [-0.05, 0) is 122 Å². The van der Waals surface area contributed by atoms with Gasteiger partial charge in [-0.3, -0.25) is 9.59 Å². The van der Waals surface area contributed by atoms with E-state index in [0.29, 0.717) is 12.8 Å². The lowest BCUT2D eigenvalue weighted by Gasteiger charge is -2.15. The molecule has 0 radical (unpaired) electrons. The van der Waals surface area contributed by atoms with E-state index in [1.807, 2.05) is 0 Å². The number of hydrogen-bond donors (Lipinski definition) is 1. The molecule has 0 amide bonds. The molecule has 0 aliphatic rings. The van der Waals surface area contributed by atoms with Gasteiger partial charge in [0.15, 0.2) is 6.10 Å². The van der Waals surface area contributed by atoms with Crippen molar-refractivity contribution in [3.63, 3.8) is 0 Å². The third-order valence-corrected chi connectivity index (χ3v) is 11.1. The molecule has 5 nitrogen and oxygen atoms in total. The molecule has 0 fully saturated rings. The van der Waals surface area contributed by atoms with E-state index in [1.165, 1.54) is 64.2 Å². The normalized spacial score (nSPS) is 13.4. The van der Waals surface area contributed by atoms with Gasteiger partial charge in [0.25, 0.3) is 0 Å². The minimum atomic E-state index is -0.794. The Labute approximate surface area is 418 Å². The summed E-state index contributed by atoms with van der Waals surface area (Å²) in [6.45, 7) is 3.97. The van der Waals surface area contributed by atoms with Crippen LogP contribution >= 0.6 is 0 Å². The lowest BCUT2D eigenvalue weighted by molar-refractivity contribution is -0.161. The van der Waals surface area contributed by atoms with Crippen molar-refractivity contribution in [2.75, 3.05) is 13.2 Å². The van der Waals surface area contributed by atoms with Crippen LogP contribution in [0.4, 0.5) is 0 Å². The summed E-state index contributed by atoms with van der Waals surface area (Å²) in [6, 6.07) is 0. The lowest BCUT2D eigenvalue weighted by Crippen LogP contribution is -2.28. The molecule has 5 heteroatoms. The summed E-state index contributed by atoms with van der Waals surface area (Å²) >= 11 is 0. The Morgan fingerprint density at radius 3 is 0.956 bits per heavy atom. The van der Waals surface area contributed by atoms with Crippen molar-refractivity contribution in [2.24, 2.45) is 0 Å². The first-order valence-corrected chi connectivity index (χ1v) is 27.4. The number of hydrogen-bond acceptors (Lipinski definition) is 5. The topological polar surface area (TPSA) is 72.8 Å². The average molecular weight is 937 g/mol. The van der Waals surface area contributed by atoms with Crippen LogP contribution in [0.15, 0.2) is 146 Å². The average Bonchev–Trinajstić information content (AvgIpc) is 3.34. The highest BCUT2D eigenvalue weighted by molar-refractivity contribution is 5.70. The summed E-state index contributed by atoms with van der Waals surface area (Å²) in [6.07, 6.45) is 86.6. The zero-order chi connectivity index (χ0) is 49.2. The second-order valence-electron chi connectivity index (χ2n) is 17.6. The molecule has 0 aromatic heterocycles. The maximum absolute atomic E-state index is 12.3. The first kappa shape index (κ1) is 63.8. The van der Waals surface area contributed by atoms with Crippen LogP contribution in [0.25, 0.3) is 0 Å². The van der Waals surface area contributed by atoms with Gasteiger partial charge in [0.2, 0.25) is 0 Å². The summed E-state index contributed by atoms with van der Waals surface area (Å²) in [5.74, 6) is -0.626. The van der Waals surface area contributed by atoms with Crippen LogP contribution < -0.4 is 0 Å². The van der Waals surface area contributed by atoms with Crippen LogP contribution in [0, 0.1) is 0 Å². The number of aliphatic hydroxyl groups is 1. The fourth-order valence-electron chi connectivity index (χ4n) is 7.02. The van der Waals surface area contributed by atoms with Gasteiger partial charge in [0.1, 0.15) is 6.61 Å². The number of carbonyl (C=O) groups is 2. The Kier molecular flexibility index (Phi) is 53.6. The quantitative estimate of drug-likeness (QED) is 0.0374. The van der Waals surface area contributed by atoms with Crippen molar-refractivity contribution in [3.8, 4) is 0 Å². The number of unbranched alkanes of at least 4 members (excludes halogenated alkanes) is 16. The molecule has 0 aliphatic heterocycles. The molecule has 1 unspecified atom stereocenters. The molecule has 0 aromatic rings. The van der Waals surface area contributed by atoms with E-state index in [9.17, 15) is 14.7 Å². The summed E-state index contributed by atoms with van der Waals surface area (Å²) in [4.78, 5) is 24.5. The van der Waals surface area contributed by atoms with E-state index in [2.05, 4.69) is 160 Å². The van der Waals surface area contributed by atoms with E-state index < -0.39 is 6.10 Å². The first-order chi connectivity index (χ1) is 33.6. The number of ether oxygens (including phenoxy) is 2. The SMILES string of the molecule is CC/C=C\C/C=C\C/C=C\C/C=C\C/C=C\C/C=C\C/C=C\C/C=C\C/C=C\C/C=C\CCCCCCCCC(=O)OC(CO)COC(=O)CCCCCCCCC/C=C\C/C=C\CCCCC. The van der Waals surface area contributed by atoms with Crippen LogP contribution in [-0.4, -0.2) is 36.4 Å². The molecule has 382 valence electrons. The van der Waals surface area contributed by atoms with Gasteiger partial charge in [-0.15, -0.1) is 0 Å². The minimum Gasteiger partial charge on any atom is -0.462 e. The zero-order valence-electron chi connectivity index (χ0n) is 43.6. The lowest BCUT2D eigenvalue weighted by atomic mass is 10.1. The molecular weight excluding hydrogens is 837 g/mol. The van der Waals surface area contributed by atoms with E-state index in [0.717, 1.165) is 128 Å². The third kappa shape index (κ3) is 54.4. The largest absolute Gasteiger partial charge is 0.462 e. The molecule has 0 aromatic carbocycles. The van der Waals surface area contributed by atoms with Crippen molar-refractivity contribution in [1.29, 1.82) is 0 Å². The Morgan fingerprint density at radius 1 is 0.353 bits per heavy atom. The Hall–Kier alpha value is -4.22. The monoisotopic (exact) mass is 937 g/mol. The van der Waals surface area contributed by atoms with Gasteiger partial charge >= 0.3 is 11.9 Å². The van der Waals surface area contributed by atoms with Crippen molar-refractivity contribution >= 4 is 11.9 Å². The van der Waals surface area contributed by atoms with E-state index in [1.54, 1.807) is 0 Å². The van der Waals surface area contributed by atoms with Gasteiger partial charge in [-0.1, -0.05) is 230 Å². The molecule has 0 aliphatic carbocycles. The fraction of sp³-hybridized carbons (Fsp3) is 0.587. The van der Waals surface area contributed by atoms with Gasteiger partial charge in [0, 0.05) is 12.8 Å². The fourth-order valence-corrected chi connectivity index (χ4v) is 7.02. The second kappa shape index (κ2) is 57.1. The van der Waals surface area contributed by atoms with Gasteiger partial charge in [-0.2, -0.15) is 0 Å². The van der Waals surface area contributed by atoms with E-state index in [-0.39, 0.29) is 25.2 Å². The molecular formula is C63H100O5. The van der Waals surface area contributed by atoms with Crippen LogP contribution in [0.3, 0.4) is 0 Å². The molecule has 1 atom stereocenters. The van der Waals surface area contributed by atoms with Crippen LogP contribution in [0.5, 0.6) is 0 Å². The van der Waals surface area contributed by atoms with Crippen molar-refractivity contribution in [1.82, 2.24) is 0 Å². The summed E-state index contributed by atoms with van der Waals surface area (Å²) in [5.41, 5.74) is 0. The molecule has 0 spiro atoms. The van der Waals surface area contributed by atoms with Crippen LogP contribution in [-0.2, 0) is 19.1 Å². The number of carbonyl (C=O) groups excluding carboxylic acids is 2. The maximum atomic E-state index is 12.3. The van der Waals surface area contributed by atoms with Crippen LogP contribution in [0.1, 0.15) is 219 Å². The molecule has 0 heterocycles. The van der Waals surface area contributed by atoms with Gasteiger partial charge in [-0.25, -0.2) is 0 Å². The zero-order valence-corrected chi connectivity index (χ0v) is 43.6. The van der Waals surface area contributed by atoms with E-state index >= 15 is 0 Å². The highest BCUT2D eigenvalue weighted by Crippen LogP contribution is 2.13. The Bertz CT molecular complexity index is 1480. The molecule has 0 saturated carbocycles. The summed E-state index contributed by atoms with van der Waals surface area (Å²) in [5, 5.41) is 9.63. The molecule has 1 N–H and O–H groups in total. The molecule has 0 bridgehead atoms. The van der Waals surface area contributed by atoms with Crippen LogP contribution in [0.2, 0.25) is 0 Å². The second-order valence-corrected chi connectivity index (χ2v) is 17.6. The smallest absolute Gasteiger partial charge is 0.306 e. The highest BCUT2D eigenvalue weighted by atomic mass is 16.6. The van der Waals surface area contributed by atoms with E-state index in [4.69, 9.17) is 9.47 Å². The van der Waals surface area contributed by atoms with Crippen molar-refractivity contribution < 1.29 is 24.2 Å². The Morgan fingerprint density at radius 2 is 0.632 bits per heavy atom. The molecule has 68 heavy (non-hydrogen) atoms. The van der Waals surface area contributed by atoms with Crippen molar-refractivity contribution in [3.05, 3.63) is 146 Å². The highest BCUT2D eigenvalue weighted by Gasteiger charge is 2.16. The van der Waals surface area contributed by atoms with Gasteiger partial charge < -0.3 is 14.6 Å². The third-order valence-electron chi connectivity index (χ3n) is 11.1. The Balaban J connectivity index is 3.65.